The second-order valence-corrected chi connectivity index (χ2v) is 6.40. The van der Waals surface area contributed by atoms with Crippen molar-refractivity contribution in [2.45, 2.75) is 6.36 Å². The van der Waals surface area contributed by atoms with Crippen molar-refractivity contribution in [3.8, 4) is 16.9 Å². The monoisotopic (exact) mass is 428 g/mol. The van der Waals surface area contributed by atoms with Crippen LogP contribution >= 0.6 is 0 Å². The molecule has 2 aromatic carbocycles. The zero-order chi connectivity index (χ0) is 22.0. The van der Waals surface area contributed by atoms with Crippen LogP contribution in [0.1, 0.15) is 0 Å². The van der Waals surface area contributed by atoms with E-state index in [1.807, 2.05) is 6.07 Å². The minimum Gasteiger partial charge on any atom is -0.406 e. The maximum Gasteiger partial charge on any atom is 0.573 e. The van der Waals surface area contributed by atoms with Crippen LogP contribution in [0.4, 0.5) is 35.2 Å². The number of nitrogens with one attached hydrogen (secondary N) is 2. The average Bonchev–Trinajstić information content (AvgIpc) is 3.13. The van der Waals surface area contributed by atoms with Gasteiger partial charge in [0, 0.05) is 29.2 Å². The molecule has 0 aliphatic rings. The SMILES string of the molecule is Nc1ncnn2ccc(-c3ccc(NC(=O)Nc4cccc(OC(F)(F)F)c4)cc3)c12. The number of nitrogens with two attached hydrogens (primary N) is 1. The predicted molar refractivity (Wildman–Crippen MR) is 109 cm³/mol. The number of benzene rings is 2. The van der Waals surface area contributed by atoms with Crippen molar-refractivity contribution in [2.24, 2.45) is 0 Å². The summed E-state index contributed by atoms with van der Waals surface area (Å²) in [5.74, 6) is -0.0917. The molecule has 158 valence electrons. The van der Waals surface area contributed by atoms with Crippen LogP contribution in [0, 0.1) is 0 Å². The maximum absolute atomic E-state index is 12.3. The summed E-state index contributed by atoms with van der Waals surface area (Å²) in [6.07, 6.45) is -1.69. The Morgan fingerprint density at radius 3 is 2.52 bits per heavy atom. The van der Waals surface area contributed by atoms with Crippen LogP contribution in [0.3, 0.4) is 0 Å². The zero-order valence-electron chi connectivity index (χ0n) is 15.7. The number of alkyl halides is 3. The van der Waals surface area contributed by atoms with E-state index in [0.717, 1.165) is 23.3 Å². The number of carbonyl (C=O) groups excluding carboxylic acids is 1. The van der Waals surface area contributed by atoms with Crippen molar-refractivity contribution in [1.29, 1.82) is 0 Å². The molecule has 0 spiro atoms. The van der Waals surface area contributed by atoms with Gasteiger partial charge in [-0.1, -0.05) is 18.2 Å². The average molecular weight is 428 g/mol. The Morgan fingerprint density at radius 1 is 1.03 bits per heavy atom. The van der Waals surface area contributed by atoms with Gasteiger partial charge in [0.25, 0.3) is 0 Å². The molecule has 0 radical (unpaired) electrons. The van der Waals surface area contributed by atoms with Crippen LogP contribution < -0.4 is 21.1 Å². The number of urea groups is 1. The van der Waals surface area contributed by atoms with Gasteiger partial charge in [-0.05, 0) is 35.9 Å². The molecule has 0 aliphatic heterocycles. The van der Waals surface area contributed by atoms with Gasteiger partial charge in [0.15, 0.2) is 5.82 Å². The number of amides is 2. The number of nitrogen functional groups attached to an aromatic ring is 1. The molecule has 8 nitrogen and oxygen atoms in total. The molecule has 0 saturated heterocycles. The normalized spacial score (nSPS) is 11.3. The molecule has 4 aromatic rings. The number of anilines is 3. The highest BCUT2D eigenvalue weighted by Gasteiger charge is 2.31. The minimum absolute atomic E-state index is 0.145. The topological polar surface area (TPSA) is 107 Å². The number of hydrogen-bond acceptors (Lipinski definition) is 5. The lowest BCUT2D eigenvalue weighted by Gasteiger charge is -2.11. The van der Waals surface area contributed by atoms with Crippen molar-refractivity contribution in [3.05, 3.63) is 67.1 Å². The van der Waals surface area contributed by atoms with Gasteiger partial charge in [-0.25, -0.2) is 14.3 Å². The first kappa shape index (κ1) is 20.0. The molecule has 0 fully saturated rings. The number of fused-ring (bicyclic) bond motifs is 1. The van der Waals surface area contributed by atoms with Crippen LogP contribution in [-0.4, -0.2) is 27.0 Å². The lowest BCUT2D eigenvalue weighted by atomic mass is 10.1. The molecule has 2 aromatic heterocycles. The van der Waals surface area contributed by atoms with Crippen LogP contribution in [0.15, 0.2) is 67.1 Å². The van der Waals surface area contributed by atoms with Gasteiger partial charge in [0.2, 0.25) is 0 Å². The van der Waals surface area contributed by atoms with Crippen molar-refractivity contribution >= 4 is 28.7 Å². The number of rotatable bonds is 4. The van der Waals surface area contributed by atoms with Crippen molar-refractivity contribution in [3.63, 3.8) is 0 Å². The lowest BCUT2D eigenvalue weighted by Crippen LogP contribution is -2.20. The van der Waals surface area contributed by atoms with E-state index in [1.165, 1.54) is 18.5 Å². The summed E-state index contributed by atoms with van der Waals surface area (Å²) in [5.41, 5.74) is 8.91. The summed E-state index contributed by atoms with van der Waals surface area (Å²) in [7, 11) is 0. The zero-order valence-corrected chi connectivity index (χ0v) is 15.7. The largest absolute Gasteiger partial charge is 0.573 e. The van der Waals surface area contributed by atoms with Gasteiger partial charge < -0.3 is 21.1 Å². The Hall–Kier alpha value is -4.28. The predicted octanol–water partition coefficient (Wildman–Crippen LogP) is 4.52. The summed E-state index contributed by atoms with van der Waals surface area (Å²) < 4.78 is 42.4. The Bertz CT molecular complexity index is 1240. The molecule has 11 heteroatoms. The van der Waals surface area contributed by atoms with Crippen LogP contribution in [-0.2, 0) is 0 Å². The number of halogens is 3. The third-order valence-corrected chi connectivity index (χ3v) is 4.26. The number of aromatic nitrogens is 3. The van der Waals surface area contributed by atoms with Crippen LogP contribution in [0.5, 0.6) is 5.75 Å². The van der Waals surface area contributed by atoms with E-state index in [0.29, 0.717) is 17.0 Å². The van der Waals surface area contributed by atoms with Crippen molar-refractivity contribution in [2.75, 3.05) is 16.4 Å². The quantitative estimate of drug-likeness (QED) is 0.443. The summed E-state index contributed by atoms with van der Waals surface area (Å²) in [6, 6.07) is 13.2. The van der Waals surface area contributed by atoms with E-state index in [1.54, 1.807) is 35.0 Å². The van der Waals surface area contributed by atoms with Gasteiger partial charge >= 0.3 is 12.4 Å². The molecule has 0 saturated carbocycles. The van der Waals surface area contributed by atoms with Gasteiger partial charge in [-0.3, -0.25) is 0 Å². The number of carbonyl (C=O) groups is 1. The number of hydrogen-bond donors (Lipinski definition) is 3. The second-order valence-electron chi connectivity index (χ2n) is 6.40. The fourth-order valence-electron chi connectivity index (χ4n) is 3.01. The molecular formula is C20H15F3N6O2. The molecule has 2 amide bonds. The maximum atomic E-state index is 12.3. The van der Waals surface area contributed by atoms with Gasteiger partial charge in [-0.2, -0.15) is 5.10 Å². The van der Waals surface area contributed by atoms with E-state index in [-0.39, 0.29) is 5.69 Å². The summed E-state index contributed by atoms with van der Waals surface area (Å²) in [5, 5.41) is 9.17. The fraction of sp³-hybridized carbons (Fsp3) is 0.0500. The smallest absolute Gasteiger partial charge is 0.406 e. The van der Waals surface area contributed by atoms with Crippen molar-refractivity contribution in [1.82, 2.24) is 14.6 Å². The first-order valence-electron chi connectivity index (χ1n) is 8.90. The minimum atomic E-state index is -4.81. The highest BCUT2D eigenvalue weighted by Crippen LogP contribution is 2.29. The van der Waals surface area contributed by atoms with E-state index in [2.05, 4.69) is 25.5 Å². The second kappa shape index (κ2) is 7.86. The highest BCUT2D eigenvalue weighted by molar-refractivity contribution is 6.00. The highest BCUT2D eigenvalue weighted by atomic mass is 19.4. The fourth-order valence-corrected chi connectivity index (χ4v) is 3.01. The first-order chi connectivity index (χ1) is 14.8. The molecule has 0 aliphatic carbocycles. The van der Waals surface area contributed by atoms with E-state index in [9.17, 15) is 18.0 Å². The van der Waals surface area contributed by atoms with Crippen molar-refractivity contribution < 1.29 is 22.7 Å². The summed E-state index contributed by atoms with van der Waals surface area (Å²) >= 11 is 0. The number of nitrogens with zero attached hydrogens (tertiary/aromatic N) is 3. The van der Waals surface area contributed by atoms with E-state index in [4.69, 9.17) is 5.73 Å². The summed E-state index contributed by atoms with van der Waals surface area (Å²) in [4.78, 5) is 16.2. The molecule has 4 rings (SSSR count). The third-order valence-electron chi connectivity index (χ3n) is 4.26. The van der Waals surface area contributed by atoms with Crippen LogP contribution in [0.2, 0.25) is 0 Å². The summed E-state index contributed by atoms with van der Waals surface area (Å²) in [6.45, 7) is 0. The molecule has 2 heterocycles. The Balaban J connectivity index is 1.45. The van der Waals surface area contributed by atoms with Crippen LogP contribution in [0.25, 0.3) is 16.6 Å². The standard InChI is InChI=1S/C20H15F3N6O2/c21-20(22,23)31-15-3-1-2-14(10-15)28-19(30)27-13-6-4-12(5-7-13)16-8-9-29-17(16)18(24)25-11-26-29/h1-11H,(H2,24,25,26)(H2,27,28,30). The molecule has 4 N–H and O–H groups in total. The third kappa shape index (κ3) is 4.66. The van der Waals surface area contributed by atoms with Gasteiger partial charge in [0.05, 0.1) is 0 Å². The Kier molecular flexibility index (Phi) is 5.07. The Labute approximate surface area is 173 Å². The number of ether oxygens (including phenoxy) is 1. The first-order valence-corrected chi connectivity index (χ1v) is 8.90. The molecule has 0 unspecified atom stereocenters. The van der Waals surface area contributed by atoms with E-state index >= 15 is 0 Å². The lowest BCUT2D eigenvalue weighted by molar-refractivity contribution is -0.274. The molecule has 0 atom stereocenters. The molecule has 31 heavy (non-hydrogen) atoms. The Morgan fingerprint density at radius 2 is 1.77 bits per heavy atom. The molecule has 0 bridgehead atoms. The molecular weight excluding hydrogens is 413 g/mol. The van der Waals surface area contributed by atoms with Gasteiger partial charge in [-0.15, -0.1) is 13.2 Å². The van der Waals surface area contributed by atoms with E-state index < -0.39 is 18.1 Å². The van der Waals surface area contributed by atoms with Gasteiger partial charge in [0.1, 0.15) is 17.6 Å².